The van der Waals surface area contributed by atoms with Crippen molar-refractivity contribution >= 4 is 33.2 Å². The molecule has 6 nitrogen and oxygen atoms in total. The second-order valence-corrected chi connectivity index (χ2v) is 9.19. The molecule has 27 heavy (non-hydrogen) atoms. The molecule has 0 N–H and O–H groups in total. The highest BCUT2D eigenvalue weighted by molar-refractivity contribution is 7.90. The molecule has 1 saturated carbocycles. The average Bonchev–Trinajstić information content (AvgIpc) is 3.37. The van der Waals surface area contributed by atoms with Gasteiger partial charge in [-0.2, -0.15) is 0 Å². The molecule has 144 valence electrons. The Hall–Kier alpha value is -2.12. The number of aryl methyl sites for hydroxylation is 1. The molecule has 0 radical (unpaired) electrons. The highest BCUT2D eigenvalue weighted by Crippen LogP contribution is 2.38. The summed E-state index contributed by atoms with van der Waals surface area (Å²) in [7, 11) is -3.58. The van der Waals surface area contributed by atoms with Crippen molar-refractivity contribution in [1.82, 2.24) is 4.57 Å². The third kappa shape index (κ3) is 4.09. The molecule has 1 aromatic heterocycles. The molecule has 0 saturated heterocycles. The van der Waals surface area contributed by atoms with E-state index in [1.165, 1.54) is 12.1 Å². The molecule has 1 aromatic carbocycles. The maximum Gasteiger partial charge on any atom is 0.338 e. The van der Waals surface area contributed by atoms with Crippen molar-refractivity contribution in [2.45, 2.75) is 37.6 Å². The van der Waals surface area contributed by atoms with Gasteiger partial charge in [0.1, 0.15) is 0 Å². The van der Waals surface area contributed by atoms with E-state index in [0.717, 1.165) is 36.6 Å². The van der Waals surface area contributed by atoms with Gasteiger partial charge in [-0.15, -0.1) is 0 Å². The van der Waals surface area contributed by atoms with Crippen LogP contribution in [0.25, 0.3) is 0 Å². The van der Waals surface area contributed by atoms with E-state index in [0.29, 0.717) is 11.6 Å². The van der Waals surface area contributed by atoms with Crippen LogP contribution in [-0.2, 0) is 14.6 Å². The largest absolute Gasteiger partial charge is 0.454 e. The summed E-state index contributed by atoms with van der Waals surface area (Å²) in [6.45, 7) is 3.43. The van der Waals surface area contributed by atoms with Crippen LogP contribution in [0.4, 0.5) is 0 Å². The summed E-state index contributed by atoms with van der Waals surface area (Å²) in [5, 5.41) is 0.0256. The number of aromatic nitrogens is 1. The van der Waals surface area contributed by atoms with E-state index in [-0.39, 0.29) is 21.3 Å². The minimum Gasteiger partial charge on any atom is -0.454 e. The second kappa shape index (κ2) is 7.13. The molecule has 0 atom stereocenters. The van der Waals surface area contributed by atoms with Gasteiger partial charge in [0.25, 0.3) is 0 Å². The summed E-state index contributed by atoms with van der Waals surface area (Å²) in [5.41, 5.74) is 2.46. The van der Waals surface area contributed by atoms with Crippen molar-refractivity contribution in [1.29, 1.82) is 0 Å². The number of hydrogen-bond acceptors (Lipinski definition) is 5. The highest BCUT2D eigenvalue weighted by atomic mass is 35.5. The minimum absolute atomic E-state index is 0.0241. The molecule has 0 unspecified atom stereocenters. The smallest absolute Gasteiger partial charge is 0.338 e. The Labute approximate surface area is 163 Å². The summed E-state index contributed by atoms with van der Waals surface area (Å²) in [6, 6.07) is 6.11. The number of ketones is 1. The SMILES string of the molecule is Cc1cc(C(=O)COC(=O)c2ccc(Cl)c(S(C)(=O)=O)c2)c(C)n1C1CC1. The predicted octanol–water partition coefficient (Wildman–Crippen LogP) is 3.54. The number of carbonyl (C=O) groups excluding carboxylic acids is 2. The number of Topliss-reactive ketones (excluding diaryl/α,β-unsaturated/α-hetero) is 1. The van der Waals surface area contributed by atoms with Crippen LogP contribution < -0.4 is 0 Å². The van der Waals surface area contributed by atoms with Crippen LogP contribution in [0.3, 0.4) is 0 Å². The monoisotopic (exact) mass is 409 g/mol. The van der Waals surface area contributed by atoms with Gasteiger partial charge in [0, 0.05) is 29.2 Å². The van der Waals surface area contributed by atoms with Gasteiger partial charge in [0.15, 0.2) is 16.4 Å². The van der Waals surface area contributed by atoms with E-state index >= 15 is 0 Å². The predicted molar refractivity (Wildman–Crippen MR) is 101 cm³/mol. The fourth-order valence-electron chi connectivity index (χ4n) is 3.16. The van der Waals surface area contributed by atoms with Gasteiger partial charge >= 0.3 is 5.97 Å². The van der Waals surface area contributed by atoms with Crippen LogP contribution in [0.2, 0.25) is 5.02 Å². The van der Waals surface area contributed by atoms with E-state index in [1.807, 2.05) is 19.9 Å². The summed E-state index contributed by atoms with van der Waals surface area (Å²) in [5.74, 6) is -1.07. The first-order chi connectivity index (χ1) is 12.6. The van der Waals surface area contributed by atoms with Gasteiger partial charge in [-0.1, -0.05) is 11.6 Å². The molecule has 1 fully saturated rings. The summed E-state index contributed by atoms with van der Waals surface area (Å²) >= 11 is 5.87. The van der Waals surface area contributed by atoms with Crippen molar-refractivity contribution < 1.29 is 22.7 Å². The maximum absolute atomic E-state index is 12.5. The first-order valence-electron chi connectivity index (χ1n) is 8.48. The molecule has 1 aliphatic carbocycles. The van der Waals surface area contributed by atoms with Crippen LogP contribution in [0.1, 0.15) is 51.0 Å². The normalized spacial score (nSPS) is 14.2. The minimum atomic E-state index is -3.58. The molecule has 1 aliphatic rings. The van der Waals surface area contributed by atoms with Crippen LogP contribution in [0.5, 0.6) is 0 Å². The van der Waals surface area contributed by atoms with Crippen molar-refractivity contribution in [3.8, 4) is 0 Å². The van der Waals surface area contributed by atoms with Gasteiger partial charge < -0.3 is 9.30 Å². The van der Waals surface area contributed by atoms with Crippen LogP contribution in [0.15, 0.2) is 29.2 Å². The van der Waals surface area contributed by atoms with Crippen LogP contribution >= 0.6 is 11.6 Å². The lowest BCUT2D eigenvalue weighted by atomic mass is 10.1. The Bertz CT molecular complexity index is 1030. The number of hydrogen-bond donors (Lipinski definition) is 0. The Morgan fingerprint density at radius 2 is 1.89 bits per heavy atom. The van der Waals surface area contributed by atoms with E-state index in [1.54, 1.807) is 0 Å². The van der Waals surface area contributed by atoms with Crippen molar-refractivity contribution in [2.24, 2.45) is 0 Å². The van der Waals surface area contributed by atoms with Crippen molar-refractivity contribution in [3.63, 3.8) is 0 Å². The van der Waals surface area contributed by atoms with Gasteiger partial charge in [0.05, 0.1) is 15.5 Å². The fraction of sp³-hybridized carbons (Fsp3) is 0.368. The average molecular weight is 410 g/mol. The zero-order valence-electron chi connectivity index (χ0n) is 15.3. The van der Waals surface area contributed by atoms with Gasteiger partial charge in [0.2, 0.25) is 5.78 Å². The molecule has 1 heterocycles. The lowest BCUT2D eigenvalue weighted by Gasteiger charge is -2.08. The number of benzene rings is 1. The standard InChI is InChI=1S/C19H20ClNO5S/c1-11-8-15(12(2)21(11)14-5-6-14)17(22)10-26-19(23)13-4-7-16(20)18(9-13)27(3,24)25/h4,7-9,14H,5-6,10H2,1-3H3. The summed E-state index contributed by atoms with van der Waals surface area (Å²) in [6.07, 6.45) is 3.22. The second-order valence-electron chi connectivity index (χ2n) is 6.80. The number of rotatable bonds is 6. The Morgan fingerprint density at radius 1 is 1.22 bits per heavy atom. The molecule has 2 aromatic rings. The number of sulfone groups is 1. The number of halogens is 1. The quantitative estimate of drug-likeness (QED) is 0.538. The number of nitrogens with zero attached hydrogens (tertiary/aromatic N) is 1. The van der Waals surface area contributed by atoms with E-state index in [2.05, 4.69) is 4.57 Å². The topological polar surface area (TPSA) is 82.4 Å². The first kappa shape index (κ1) is 19.6. The summed E-state index contributed by atoms with van der Waals surface area (Å²) < 4.78 is 30.7. The molecular formula is C19H20ClNO5S. The van der Waals surface area contributed by atoms with Gasteiger partial charge in [-0.25, -0.2) is 13.2 Å². The van der Waals surface area contributed by atoms with E-state index in [4.69, 9.17) is 16.3 Å². The molecule has 0 spiro atoms. The van der Waals surface area contributed by atoms with E-state index < -0.39 is 22.4 Å². The maximum atomic E-state index is 12.5. The van der Waals surface area contributed by atoms with Crippen LogP contribution in [-0.4, -0.2) is 37.6 Å². The zero-order chi connectivity index (χ0) is 19.9. The third-order valence-electron chi connectivity index (χ3n) is 4.60. The Morgan fingerprint density at radius 3 is 2.48 bits per heavy atom. The van der Waals surface area contributed by atoms with Gasteiger partial charge in [-0.3, -0.25) is 4.79 Å². The third-order valence-corrected chi connectivity index (χ3v) is 6.18. The molecule has 8 heteroatoms. The summed E-state index contributed by atoms with van der Waals surface area (Å²) in [4.78, 5) is 24.6. The Balaban J connectivity index is 1.73. The number of esters is 1. The molecule has 0 aliphatic heterocycles. The lowest BCUT2D eigenvalue weighted by molar-refractivity contribution is 0.0474. The van der Waals surface area contributed by atoms with E-state index in [9.17, 15) is 18.0 Å². The lowest BCUT2D eigenvalue weighted by Crippen LogP contribution is -2.15. The van der Waals surface area contributed by atoms with Gasteiger partial charge in [-0.05, 0) is 51.0 Å². The van der Waals surface area contributed by atoms with Crippen molar-refractivity contribution in [2.75, 3.05) is 12.9 Å². The molecular weight excluding hydrogens is 390 g/mol. The zero-order valence-corrected chi connectivity index (χ0v) is 16.9. The molecule has 0 bridgehead atoms. The fourth-order valence-corrected chi connectivity index (χ4v) is 4.46. The molecule has 0 amide bonds. The first-order valence-corrected chi connectivity index (χ1v) is 10.7. The van der Waals surface area contributed by atoms with Crippen molar-refractivity contribution in [3.05, 3.63) is 51.8 Å². The number of ether oxygens (including phenoxy) is 1. The highest BCUT2D eigenvalue weighted by Gasteiger charge is 2.28. The number of carbonyl (C=O) groups is 2. The Kier molecular flexibility index (Phi) is 5.18. The molecule has 3 rings (SSSR count). The van der Waals surface area contributed by atoms with Crippen LogP contribution in [0, 0.1) is 13.8 Å².